The topological polar surface area (TPSA) is 26.5 Å². The van der Waals surface area contributed by atoms with Crippen molar-refractivity contribution in [3.8, 4) is 16.9 Å². The van der Waals surface area contributed by atoms with E-state index in [9.17, 15) is 13.2 Å². The Morgan fingerprint density at radius 2 is 1.91 bits per heavy atom. The molecule has 0 saturated carbocycles. The fourth-order valence-electron chi connectivity index (χ4n) is 1.79. The summed E-state index contributed by atoms with van der Waals surface area (Å²) in [6.07, 6.45) is -3.17. The number of ether oxygens (including phenoxy) is 1. The van der Waals surface area contributed by atoms with Crippen molar-refractivity contribution in [1.82, 2.24) is 4.98 Å². The monoisotopic (exact) mass is 324 g/mol. The first-order chi connectivity index (χ1) is 10.4. The third-order valence-corrected chi connectivity index (χ3v) is 3.56. The number of nitrogens with zero attached hydrogens (tertiary/aromatic N) is 2. The molecule has 0 amide bonds. The van der Waals surface area contributed by atoms with Gasteiger partial charge in [-0.1, -0.05) is 25.6 Å². The van der Waals surface area contributed by atoms with Crippen LogP contribution in [0, 0.1) is 6.57 Å². The van der Waals surface area contributed by atoms with Crippen LogP contribution in [0.3, 0.4) is 0 Å². The molecule has 2 aromatic rings. The Bertz CT molecular complexity index is 693. The van der Waals surface area contributed by atoms with Crippen LogP contribution in [0.2, 0.25) is 0 Å². The van der Waals surface area contributed by atoms with Crippen molar-refractivity contribution in [3.63, 3.8) is 0 Å². The first-order valence-corrected chi connectivity index (χ1v) is 7.28. The summed E-state index contributed by atoms with van der Waals surface area (Å²) in [5.41, 5.74) is 1.44. The van der Waals surface area contributed by atoms with Crippen molar-refractivity contribution in [2.75, 3.05) is 5.75 Å². The fraction of sp³-hybridized carbons (Fsp3) is 0.200. The van der Waals surface area contributed by atoms with Crippen molar-refractivity contribution < 1.29 is 17.9 Å². The van der Waals surface area contributed by atoms with Crippen LogP contribution in [0.5, 0.6) is 5.75 Å². The summed E-state index contributed by atoms with van der Waals surface area (Å²) >= 11 is 1.50. The molecule has 1 aromatic heterocycles. The van der Waals surface area contributed by atoms with Gasteiger partial charge in [-0.15, -0.1) is 29.9 Å². The number of alkyl halides is 3. The third-order valence-electron chi connectivity index (χ3n) is 2.66. The Kier molecular flexibility index (Phi) is 4.93. The lowest BCUT2D eigenvalue weighted by Gasteiger charge is -2.09. The molecule has 0 atom stereocenters. The van der Waals surface area contributed by atoms with E-state index < -0.39 is 6.36 Å². The number of hydrogen-bond donors (Lipinski definition) is 0. The van der Waals surface area contributed by atoms with E-state index in [1.54, 1.807) is 0 Å². The number of aromatic nitrogens is 1. The van der Waals surface area contributed by atoms with Crippen LogP contribution in [0.4, 0.5) is 19.0 Å². The second-order valence-corrected chi connectivity index (χ2v) is 5.47. The molecule has 3 nitrogen and oxygen atoms in total. The van der Waals surface area contributed by atoms with E-state index in [-0.39, 0.29) is 5.75 Å². The summed E-state index contributed by atoms with van der Waals surface area (Å²) in [6, 6.07) is 7.36. The van der Waals surface area contributed by atoms with Crippen LogP contribution in [0.1, 0.15) is 6.92 Å². The SMILES string of the molecule is [C-]#[N+]c1ncc(-c2ccc(OC(F)(F)F)cc2)cc1SCC. The highest BCUT2D eigenvalue weighted by atomic mass is 32.2. The Balaban J connectivity index is 2.28. The molecule has 0 aliphatic heterocycles. The number of halogens is 3. The minimum atomic E-state index is -4.70. The van der Waals surface area contributed by atoms with E-state index in [0.29, 0.717) is 11.4 Å². The molecule has 0 radical (unpaired) electrons. The lowest BCUT2D eigenvalue weighted by molar-refractivity contribution is -0.274. The van der Waals surface area contributed by atoms with Gasteiger partial charge in [0.15, 0.2) is 0 Å². The first kappa shape index (κ1) is 16.2. The minimum Gasteiger partial charge on any atom is -0.406 e. The van der Waals surface area contributed by atoms with Crippen molar-refractivity contribution >= 4 is 17.6 Å². The summed E-state index contributed by atoms with van der Waals surface area (Å²) in [7, 11) is 0. The van der Waals surface area contributed by atoms with E-state index in [1.165, 1.54) is 42.2 Å². The van der Waals surface area contributed by atoms with Gasteiger partial charge in [0.2, 0.25) is 0 Å². The van der Waals surface area contributed by atoms with Gasteiger partial charge in [0.25, 0.3) is 5.82 Å². The van der Waals surface area contributed by atoms with Crippen LogP contribution < -0.4 is 4.74 Å². The number of pyridine rings is 1. The Morgan fingerprint density at radius 3 is 2.45 bits per heavy atom. The quantitative estimate of drug-likeness (QED) is 0.563. The van der Waals surface area contributed by atoms with E-state index in [4.69, 9.17) is 6.57 Å². The van der Waals surface area contributed by atoms with Crippen LogP contribution >= 0.6 is 11.8 Å². The molecule has 0 fully saturated rings. The predicted octanol–water partition coefficient (Wildman–Crippen LogP) is 5.31. The molecule has 1 heterocycles. The van der Waals surface area contributed by atoms with Gasteiger partial charge in [0.05, 0.1) is 0 Å². The standard InChI is InChI=1S/C15H11F3N2OS/c1-3-22-13-8-11(9-20-14(13)19-2)10-4-6-12(7-5-10)21-15(16,17)18/h4-9H,3H2,1H3. The van der Waals surface area contributed by atoms with Crippen LogP contribution in [-0.4, -0.2) is 17.1 Å². The van der Waals surface area contributed by atoms with Crippen LogP contribution in [-0.2, 0) is 0 Å². The molecule has 0 saturated heterocycles. The van der Waals surface area contributed by atoms with E-state index >= 15 is 0 Å². The normalized spacial score (nSPS) is 11.0. The average molecular weight is 324 g/mol. The maximum Gasteiger partial charge on any atom is 0.573 e. The van der Waals surface area contributed by atoms with Crippen molar-refractivity contribution in [2.24, 2.45) is 0 Å². The zero-order valence-electron chi connectivity index (χ0n) is 11.5. The fourth-order valence-corrected chi connectivity index (χ4v) is 2.54. The Hall–Kier alpha value is -2.20. The number of hydrogen-bond acceptors (Lipinski definition) is 3. The van der Waals surface area contributed by atoms with Crippen molar-refractivity contribution in [3.05, 3.63) is 47.9 Å². The zero-order chi connectivity index (χ0) is 16.2. The molecular formula is C15H11F3N2OS. The van der Waals surface area contributed by atoms with Gasteiger partial charge >= 0.3 is 6.36 Å². The summed E-state index contributed by atoms with van der Waals surface area (Å²) < 4.78 is 40.2. The summed E-state index contributed by atoms with van der Waals surface area (Å²) in [5.74, 6) is 0.851. The molecule has 114 valence electrons. The van der Waals surface area contributed by atoms with Gasteiger partial charge in [-0.05, 0) is 29.5 Å². The van der Waals surface area contributed by atoms with Gasteiger partial charge in [-0.25, -0.2) is 0 Å². The second-order valence-electron chi connectivity index (χ2n) is 4.16. The summed E-state index contributed by atoms with van der Waals surface area (Å²) in [5, 5.41) is 0. The maximum absolute atomic E-state index is 12.1. The molecule has 0 N–H and O–H groups in total. The highest BCUT2D eigenvalue weighted by Crippen LogP contribution is 2.33. The predicted molar refractivity (Wildman–Crippen MR) is 79.0 cm³/mol. The lowest BCUT2D eigenvalue weighted by Crippen LogP contribution is -2.16. The van der Waals surface area contributed by atoms with Gasteiger partial charge in [0.1, 0.15) is 11.9 Å². The summed E-state index contributed by atoms with van der Waals surface area (Å²) in [4.78, 5) is 8.19. The number of rotatable bonds is 4. The molecular weight excluding hydrogens is 313 g/mol. The molecule has 1 aromatic carbocycles. The van der Waals surface area contributed by atoms with Gasteiger partial charge in [-0.2, -0.15) is 0 Å². The minimum absolute atomic E-state index is 0.273. The Morgan fingerprint density at radius 1 is 1.23 bits per heavy atom. The van der Waals surface area contributed by atoms with Crippen LogP contribution in [0.15, 0.2) is 41.4 Å². The molecule has 0 aliphatic carbocycles. The zero-order valence-corrected chi connectivity index (χ0v) is 12.3. The molecule has 0 aliphatic rings. The van der Waals surface area contributed by atoms with Crippen LogP contribution in [0.25, 0.3) is 16.0 Å². The van der Waals surface area contributed by atoms with E-state index in [2.05, 4.69) is 14.6 Å². The number of benzene rings is 1. The molecule has 0 bridgehead atoms. The second kappa shape index (κ2) is 6.71. The smallest absolute Gasteiger partial charge is 0.406 e. The highest BCUT2D eigenvalue weighted by Gasteiger charge is 2.30. The van der Waals surface area contributed by atoms with Gasteiger partial charge in [0, 0.05) is 10.5 Å². The average Bonchev–Trinajstić information content (AvgIpc) is 2.47. The molecule has 7 heteroatoms. The Labute approximate surface area is 130 Å². The third kappa shape index (κ3) is 4.15. The van der Waals surface area contributed by atoms with Crippen molar-refractivity contribution in [1.29, 1.82) is 0 Å². The van der Waals surface area contributed by atoms with Gasteiger partial charge in [-0.3, -0.25) is 0 Å². The maximum atomic E-state index is 12.1. The highest BCUT2D eigenvalue weighted by molar-refractivity contribution is 7.99. The molecule has 0 unspecified atom stereocenters. The molecule has 2 rings (SSSR count). The largest absolute Gasteiger partial charge is 0.573 e. The summed E-state index contributed by atoms with van der Waals surface area (Å²) in [6.45, 7) is 9.04. The van der Waals surface area contributed by atoms with E-state index in [1.807, 2.05) is 13.0 Å². The lowest BCUT2D eigenvalue weighted by atomic mass is 10.1. The van der Waals surface area contributed by atoms with Crippen molar-refractivity contribution in [2.45, 2.75) is 18.2 Å². The first-order valence-electron chi connectivity index (χ1n) is 6.29. The molecule has 22 heavy (non-hydrogen) atoms. The van der Waals surface area contributed by atoms with E-state index in [0.717, 1.165) is 16.2 Å². The van der Waals surface area contributed by atoms with Gasteiger partial charge < -0.3 is 9.58 Å². The molecule has 0 spiro atoms. The number of thioether (sulfide) groups is 1.